The quantitative estimate of drug-likeness (QED) is 0.0647. The van der Waals surface area contributed by atoms with Gasteiger partial charge in [0.2, 0.25) is 5.91 Å². The zero-order valence-electron chi connectivity index (χ0n) is 47.1. The topological polar surface area (TPSA) is 270 Å². The van der Waals surface area contributed by atoms with Crippen LogP contribution in [0.25, 0.3) is 0 Å². The van der Waals surface area contributed by atoms with Gasteiger partial charge in [0.15, 0.2) is 43.3 Å². The van der Waals surface area contributed by atoms with E-state index in [-0.39, 0.29) is 26.4 Å². The van der Waals surface area contributed by atoms with E-state index in [1.807, 2.05) is 121 Å². The monoisotopic (exact) mass is 1160 g/mol. The molecular weight excluding hydrogens is 1090 g/mol. The summed E-state index contributed by atoms with van der Waals surface area (Å²) >= 11 is 0. The maximum Gasteiger partial charge on any atom is 0.303 e. The molecule has 4 aromatic carbocycles. The van der Waals surface area contributed by atoms with Crippen molar-refractivity contribution < 1.29 is 105 Å². The van der Waals surface area contributed by atoms with E-state index in [0.29, 0.717) is 0 Å². The smallest absolute Gasteiger partial charge is 0.303 e. The molecule has 3 fully saturated rings. The van der Waals surface area contributed by atoms with Crippen molar-refractivity contribution in [3.05, 3.63) is 144 Å². The van der Waals surface area contributed by atoms with Crippen LogP contribution in [0.15, 0.2) is 121 Å². The minimum atomic E-state index is -1.87. The molecule has 0 spiro atoms. The van der Waals surface area contributed by atoms with Crippen LogP contribution in [-0.4, -0.2) is 154 Å². The second-order valence-corrected chi connectivity index (χ2v) is 19.8. The molecule has 23 nitrogen and oxygen atoms in total. The standard InChI is InChI=1S/C60H71NO22/c1-35(62)61-49-53(77-39(5)66)51(83-60-57(79-41(7)68)55(78-40(6)67)52(76-38(4)65)48(82-60)33-70-37(3)64)47(32-69-36(2)63)80-58(49)75-34-46-50(71-28-42-20-12-8-13-21-42)54(72-29-43-22-14-9-15-23-43)56(73-30-44-24-16-10-17-25-44)59(81-46)74-31-45-26-18-11-19-27-45/h8-27,46-60H,28-34H2,1-7H3,(H,61,62). The van der Waals surface area contributed by atoms with Gasteiger partial charge in [-0.1, -0.05) is 121 Å². The molecule has 4 aromatic rings. The van der Waals surface area contributed by atoms with Crippen LogP contribution < -0.4 is 5.32 Å². The SMILES string of the molecule is CC(=O)NC1C(OCC2OC(OCc3ccccc3)C(OCc3ccccc3)C(OCc3ccccc3)C2OCc2ccccc2)OC(COC(C)=O)C(OC2OC(COC(C)=O)C(OC(C)=O)C(OC(C)=O)C2OC(C)=O)C1OC(C)=O. The van der Waals surface area contributed by atoms with Crippen molar-refractivity contribution in [3.8, 4) is 0 Å². The number of benzene rings is 4. The lowest BCUT2D eigenvalue weighted by Crippen LogP contribution is -2.69. The summed E-state index contributed by atoms with van der Waals surface area (Å²) < 4.78 is 93.9. The van der Waals surface area contributed by atoms with Crippen LogP contribution in [0.3, 0.4) is 0 Å². The van der Waals surface area contributed by atoms with E-state index in [4.69, 9.17) is 71.1 Å². The van der Waals surface area contributed by atoms with Gasteiger partial charge in [0.1, 0.15) is 62.0 Å². The summed E-state index contributed by atoms with van der Waals surface area (Å²) in [6.45, 7) is 6.45. The lowest BCUT2D eigenvalue weighted by molar-refractivity contribution is -0.358. The van der Waals surface area contributed by atoms with Crippen LogP contribution in [0.4, 0.5) is 0 Å². The molecule has 83 heavy (non-hydrogen) atoms. The van der Waals surface area contributed by atoms with Gasteiger partial charge in [-0.25, -0.2) is 0 Å². The Labute approximate surface area is 480 Å². The summed E-state index contributed by atoms with van der Waals surface area (Å²) in [5.74, 6) is -5.82. The highest BCUT2D eigenvalue weighted by Crippen LogP contribution is 2.37. The van der Waals surface area contributed by atoms with Gasteiger partial charge in [0.05, 0.1) is 33.0 Å². The van der Waals surface area contributed by atoms with E-state index in [0.717, 1.165) is 63.8 Å². The summed E-state index contributed by atoms with van der Waals surface area (Å²) in [5.41, 5.74) is 3.37. The Morgan fingerprint density at radius 3 is 1.18 bits per heavy atom. The number of rotatable bonds is 26. The Balaban J connectivity index is 1.28. The van der Waals surface area contributed by atoms with Gasteiger partial charge in [-0.2, -0.15) is 0 Å². The van der Waals surface area contributed by atoms with Gasteiger partial charge in [-0.05, 0) is 22.3 Å². The Morgan fingerprint density at radius 1 is 0.349 bits per heavy atom. The van der Waals surface area contributed by atoms with Crippen LogP contribution >= 0.6 is 0 Å². The van der Waals surface area contributed by atoms with Crippen LogP contribution in [0.1, 0.15) is 70.7 Å². The molecule has 3 aliphatic rings. The average molecular weight is 1160 g/mol. The highest BCUT2D eigenvalue weighted by molar-refractivity contribution is 5.73. The van der Waals surface area contributed by atoms with Crippen LogP contribution in [0.2, 0.25) is 0 Å². The Morgan fingerprint density at radius 2 is 0.723 bits per heavy atom. The molecule has 15 atom stereocenters. The van der Waals surface area contributed by atoms with E-state index >= 15 is 0 Å². The second kappa shape index (κ2) is 31.5. The molecule has 7 rings (SSSR count). The Kier molecular flexibility index (Phi) is 24.0. The van der Waals surface area contributed by atoms with Crippen LogP contribution in [-0.2, 0) is 131 Å². The molecule has 0 radical (unpaired) electrons. The first kappa shape index (κ1) is 63.4. The molecule has 3 aliphatic heterocycles. The third-order valence-electron chi connectivity index (χ3n) is 13.1. The number of amides is 1. The van der Waals surface area contributed by atoms with E-state index in [9.17, 15) is 33.6 Å². The lowest BCUT2D eigenvalue weighted by Gasteiger charge is -2.49. The van der Waals surface area contributed by atoms with Crippen molar-refractivity contribution in [3.63, 3.8) is 0 Å². The van der Waals surface area contributed by atoms with Gasteiger partial charge in [0, 0.05) is 48.5 Å². The molecule has 0 saturated carbocycles. The minimum absolute atomic E-state index is 0.0726. The van der Waals surface area contributed by atoms with E-state index in [1.165, 1.54) is 6.92 Å². The van der Waals surface area contributed by atoms with Gasteiger partial charge in [-0.15, -0.1) is 0 Å². The highest BCUT2D eigenvalue weighted by atomic mass is 16.8. The number of hydrogen-bond acceptors (Lipinski definition) is 22. The predicted molar refractivity (Wildman–Crippen MR) is 286 cm³/mol. The molecule has 0 aromatic heterocycles. The summed E-state index contributed by atoms with van der Waals surface area (Å²) in [4.78, 5) is 89.5. The van der Waals surface area contributed by atoms with Crippen LogP contribution in [0, 0.1) is 0 Å². The lowest BCUT2D eigenvalue weighted by atomic mass is 9.94. The molecule has 448 valence electrons. The zero-order chi connectivity index (χ0) is 59.4. The van der Waals surface area contributed by atoms with E-state index in [1.54, 1.807) is 0 Å². The van der Waals surface area contributed by atoms with E-state index < -0.39 is 154 Å². The number of nitrogens with one attached hydrogen (secondary N) is 1. The third-order valence-corrected chi connectivity index (χ3v) is 13.1. The van der Waals surface area contributed by atoms with Gasteiger partial charge >= 0.3 is 35.8 Å². The molecule has 1 N–H and O–H groups in total. The number of carbonyl (C=O) groups excluding carboxylic acids is 7. The molecule has 1 amide bonds. The summed E-state index contributed by atoms with van der Waals surface area (Å²) in [6.07, 6.45) is -19.8. The fraction of sp³-hybridized carbons (Fsp3) is 0.483. The first-order valence-electron chi connectivity index (χ1n) is 27.0. The van der Waals surface area contributed by atoms with Gasteiger partial charge < -0.3 is 76.4 Å². The molecule has 23 heteroatoms. The third kappa shape index (κ3) is 19.2. The zero-order valence-corrected chi connectivity index (χ0v) is 47.1. The van der Waals surface area contributed by atoms with E-state index in [2.05, 4.69) is 5.32 Å². The largest absolute Gasteiger partial charge is 0.463 e. The molecule has 3 heterocycles. The average Bonchev–Trinajstić information content (AvgIpc) is 3.63. The first-order valence-corrected chi connectivity index (χ1v) is 27.0. The predicted octanol–water partition coefficient (Wildman–Crippen LogP) is 4.89. The highest BCUT2D eigenvalue weighted by Gasteiger charge is 2.58. The maximum atomic E-state index is 13.4. The number of carbonyl (C=O) groups is 7. The maximum absolute atomic E-state index is 13.4. The van der Waals surface area contributed by atoms with Crippen molar-refractivity contribution in [1.82, 2.24) is 5.32 Å². The summed E-state index contributed by atoms with van der Waals surface area (Å²) in [6, 6.07) is 36.5. The van der Waals surface area contributed by atoms with Crippen molar-refractivity contribution in [1.29, 1.82) is 0 Å². The van der Waals surface area contributed by atoms with Crippen molar-refractivity contribution in [2.75, 3.05) is 19.8 Å². The number of hydrogen-bond donors (Lipinski definition) is 1. The van der Waals surface area contributed by atoms with Crippen molar-refractivity contribution in [2.45, 2.75) is 167 Å². The molecule has 0 aliphatic carbocycles. The second-order valence-electron chi connectivity index (χ2n) is 19.8. The number of ether oxygens (including phenoxy) is 15. The van der Waals surface area contributed by atoms with Crippen LogP contribution in [0.5, 0.6) is 0 Å². The molecular formula is C60H71NO22. The molecule has 15 unspecified atom stereocenters. The first-order chi connectivity index (χ1) is 39.9. The van der Waals surface area contributed by atoms with Crippen molar-refractivity contribution in [2.24, 2.45) is 0 Å². The van der Waals surface area contributed by atoms with Gasteiger partial charge in [-0.3, -0.25) is 33.6 Å². The van der Waals surface area contributed by atoms with Crippen molar-refractivity contribution >= 4 is 41.7 Å². The fourth-order valence-electron chi connectivity index (χ4n) is 9.67. The Hall–Kier alpha value is -7.19. The van der Waals surface area contributed by atoms with Gasteiger partial charge in [0.25, 0.3) is 0 Å². The summed E-state index contributed by atoms with van der Waals surface area (Å²) in [5, 5.41) is 2.76. The Bertz CT molecular complexity index is 2720. The fourth-order valence-corrected chi connectivity index (χ4v) is 9.67. The molecule has 3 saturated heterocycles. The summed E-state index contributed by atoms with van der Waals surface area (Å²) in [7, 11) is 0. The number of esters is 6. The normalized spacial score (nSPS) is 27.7. The minimum Gasteiger partial charge on any atom is -0.463 e. The molecule has 0 bridgehead atoms.